The summed E-state index contributed by atoms with van der Waals surface area (Å²) in [4.78, 5) is 71.4. The van der Waals surface area contributed by atoms with E-state index in [2.05, 4.69) is 26.4 Å². The molecule has 6 N–H and O–H groups in total. The highest BCUT2D eigenvalue weighted by Gasteiger charge is 2.39. The standard InChI is InChI=1S/C43H61N7O8.2ClH/c1-27(2)34(44)39(53)58-33(32(24-28-16-12-11-13-17-28)46-37(51)35(42(3,4)5)47-40(54)56-9)26-50(49-38(52)36(43(6,7)8)48-41(55)57-10)25-29-19-21-30(22-20-29)31-18-14-15-23-45-31;;/h11-23,27,32-36H,24-26,44H2,1-10H3,(H,46,51)(H,47,54)(H,48,55)(H,49,52);2*1H/t32-,33-,34-,35+,36+;;/m0../s1. The Kier molecular flexibility index (Phi) is 21.5. The van der Waals surface area contributed by atoms with Crippen molar-refractivity contribution in [2.75, 3.05) is 20.8 Å². The van der Waals surface area contributed by atoms with Crippen molar-refractivity contribution < 1.29 is 38.2 Å². The first kappa shape index (κ1) is 53.1. The monoisotopic (exact) mass is 875 g/mol. The van der Waals surface area contributed by atoms with Crippen molar-refractivity contribution in [1.29, 1.82) is 0 Å². The molecule has 5 atom stereocenters. The molecule has 4 amide bonds. The first-order valence-electron chi connectivity index (χ1n) is 19.3. The number of aromatic nitrogens is 1. The number of hydrazine groups is 1. The van der Waals surface area contributed by atoms with E-state index in [0.29, 0.717) is 0 Å². The van der Waals surface area contributed by atoms with E-state index in [1.807, 2.05) is 72.8 Å². The van der Waals surface area contributed by atoms with E-state index in [9.17, 15) is 24.0 Å². The van der Waals surface area contributed by atoms with Crippen molar-refractivity contribution in [3.63, 3.8) is 0 Å². The molecule has 0 aliphatic rings. The van der Waals surface area contributed by atoms with Gasteiger partial charge in [-0.25, -0.2) is 14.6 Å². The first-order valence-corrected chi connectivity index (χ1v) is 19.3. The highest BCUT2D eigenvalue weighted by molar-refractivity contribution is 5.87. The molecule has 15 nitrogen and oxygen atoms in total. The molecule has 0 spiro atoms. The summed E-state index contributed by atoms with van der Waals surface area (Å²) in [6.07, 6.45) is -0.819. The topological polar surface area (TPSA) is 203 Å². The molecule has 0 aliphatic heterocycles. The van der Waals surface area contributed by atoms with Gasteiger partial charge in [-0.15, -0.1) is 24.8 Å². The molecule has 3 aromatic rings. The second-order valence-corrected chi connectivity index (χ2v) is 16.7. The van der Waals surface area contributed by atoms with Gasteiger partial charge in [0.05, 0.1) is 32.5 Å². The Labute approximate surface area is 366 Å². The molecular formula is C43H63Cl2N7O8. The third-order valence-corrected chi connectivity index (χ3v) is 9.44. The van der Waals surface area contributed by atoms with E-state index in [-0.39, 0.29) is 50.2 Å². The fraction of sp³-hybridized carbons (Fsp3) is 0.488. The number of nitrogens with two attached hydrogens (primary N) is 1. The Morgan fingerprint density at radius 1 is 0.717 bits per heavy atom. The number of hydrogen-bond acceptors (Lipinski definition) is 11. The number of hydrogen-bond donors (Lipinski definition) is 5. The van der Waals surface area contributed by atoms with Crippen LogP contribution in [0.4, 0.5) is 9.59 Å². The number of halogens is 2. The largest absolute Gasteiger partial charge is 0.458 e. The summed E-state index contributed by atoms with van der Waals surface area (Å²) in [6.45, 7) is 14.3. The van der Waals surface area contributed by atoms with Crippen LogP contribution in [0.25, 0.3) is 11.3 Å². The second kappa shape index (κ2) is 24.3. The molecule has 0 saturated heterocycles. The fourth-order valence-electron chi connectivity index (χ4n) is 5.98. The minimum Gasteiger partial charge on any atom is -0.458 e. The lowest BCUT2D eigenvalue weighted by Gasteiger charge is -2.37. The quantitative estimate of drug-likeness (QED) is 0.0643. The molecule has 0 unspecified atom stereocenters. The lowest BCUT2D eigenvalue weighted by molar-refractivity contribution is -0.156. The Balaban J connectivity index is 0.00000900. The van der Waals surface area contributed by atoms with Crippen LogP contribution in [-0.2, 0) is 41.6 Å². The number of methoxy groups -OCH3 is 2. The number of esters is 1. The summed E-state index contributed by atoms with van der Waals surface area (Å²) in [5, 5.41) is 9.90. The Morgan fingerprint density at radius 2 is 1.25 bits per heavy atom. The van der Waals surface area contributed by atoms with Gasteiger partial charge in [-0.05, 0) is 46.4 Å². The number of rotatable bonds is 17. The number of alkyl carbamates (subject to hydrolysis) is 2. The van der Waals surface area contributed by atoms with Crippen LogP contribution in [0.2, 0.25) is 0 Å². The molecule has 1 heterocycles. The average Bonchev–Trinajstić information content (AvgIpc) is 3.17. The summed E-state index contributed by atoms with van der Waals surface area (Å²) in [6, 6.07) is 18.5. The molecule has 0 bridgehead atoms. The van der Waals surface area contributed by atoms with Gasteiger partial charge in [0.2, 0.25) is 5.91 Å². The summed E-state index contributed by atoms with van der Waals surface area (Å²) in [7, 11) is 2.42. The van der Waals surface area contributed by atoms with Crippen molar-refractivity contribution in [1.82, 2.24) is 31.4 Å². The Bertz CT molecular complexity index is 1810. The van der Waals surface area contributed by atoms with Gasteiger partial charge in [0, 0.05) is 18.3 Å². The zero-order valence-corrected chi connectivity index (χ0v) is 37.8. The maximum atomic E-state index is 14.2. The number of nitrogens with zero attached hydrogens (tertiary/aromatic N) is 2. The molecule has 0 saturated carbocycles. The maximum absolute atomic E-state index is 14.2. The van der Waals surface area contributed by atoms with E-state index in [1.54, 1.807) is 66.6 Å². The summed E-state index contributed by atoms with van der Waals surface area (Å²) >= 11 is 0. The van der Waals surface area contributed by atoms with E-state index >= 15 is 0 Å². The SMILES string of the molecule is COC(=O)N[C@H](C(=O)N[C@@H](Cc1ccccc1)[C@H](CN(Cc1ccc(-c2ccccn2)cc1)NC(=O)[C@@H](NC(=O)OC)C(C)(C)C)OC(=O)[C@@H](N)C(C)C)C(C)(C)C.Cl.Cl. The van der Waals surface area contributed by atoms with Crippen molar-refractivity contribution >= 4 is 54.8 Å². The number of ether oxygens (including phenoxy) is 3. The Hall–Kier alpha value is -4.96. The van der Waals surface area contributed by atoms with Gasteiger partial charge in [-0.2, -0.15) is 0 Å². The molecule has 17 heteroatoms. The Morgan fingerprint density at radius 3 is 1.73 bits per heavy atom. The molecule has 3 rings (SSSR count). The molecule has 60 heavy (non-hydrogen) atoms. The van der Waals surface area contributed by atoms with Crippen LogP contribution in [-0.4, -0.2) is 91.0 Å². The number of carbonyl (C=O) groups is 5. The van der Waals surface area contributed by atoms with Crippen LogP contribution >= 0.6 is 24.8 Å². The number of pyridine rings is 1. The molecule has 0 aliphatic carbocycles. The predicted molar refractivity (Wildman–Crippen MR) is 235 cm³/mol. The predicted octanol–water partition coefficient (Wildman–Crippen LogP) is 5.59. The first-order chi connectivity index (χ1) is 27.2. The lowest BCUT2D eigenvalue weighted by Crippen LogP contribution is -2.61. The van der Waals surface area contributed by atoms with Gasteiger partial charge in [0.1, 0.15) is 24.2 Å². The van der Waals surface area contributed by atoms with Gasteiger partial charge in [0.15, 0.2) is 0 Å². The van der Waals surface area contributed by atoms with Crippen molar-refractivity contribution in [2.24, 2.45) is 22.5 Å². The number of benzene rings is 2. The van der Waals surface area contributed by atoms with Gasteiger partial charge in [0.25, 0.3) is 5.91 Å². The van der Waals surface area contributed by atoms with Gasteiger partial charge >= 0.3 is 18.2 Å². The summed E-state index contributed by atoms with van der Waals surface area (Å²) in [5.41, 5.74) is 11.0. The van der Waals surface area contributed by atoms with Crippen molar-refractivity contribution in [3.8, 4) is 11.3 Å². The molecule has 332 valence electrons. The van der Waals surface area contributed by atoms with Crippen molar-refractivity contribution in [3.05, 3.63) is 90.1 Å². The number of nitrogens with one attached hydrogen (secondary N) is 4. The second-order valence-electron chi connectivity index (χ2n) is 16.7. The van der Waals surface area contributed by atoms with E-state index < -0.39 is 71.1 Å². The molecule has 0 fully saturated rings. The van der Waals surface area contributed by atoms with E-state index in [4.69, 9.17) is 19.9 Å². The molecule has 1 aromatic heterocycles. The van der Waals surface area contributed by atoms with E-state index in [0.717, 1.165) is 22.4 Å². The lowest BCUT2D eigenvalue weighted by atomic mass is 9.85. The molecule has 0 radical (unpaired) electrons. The average molecular weight is 877 g/mol. The molecule has 2 aromatic carbocycles. The minimum atomic E-state index is -1.13. The van der Waals surface area contributed by atoms with E-state index in [1.165, 1.54) is 14.2 Å². The highest BCUT2D eigenvalue weighted by atomic mass is 35.5. The minimum absolute atomic E-state index is 0. The highest BCUT2D eigenvalue weighted by Crippen LogP contribution is 2.23. The van der Waals surface area contributed by atoms with Gasteiger partial charge in [-0.3, -0.25) is 24.8 Å². The van der Waals surface area contributed by atoms with Crippen LogP contribution in [0.15, 0.2) is 79.0 Å². The third kappa shape index (κ3) is 16.6. The normalized spacial score (nSPS) is 13.8. The smallest absolute Gasteiger partial charge is 0.407 e. The summed E-state index contributed by atoms with van der Waals surface area (Å²) in [5.74, 6) is -2.11. The fourth-order valence-corrected chi connectivity index (χ4v) is 5.98. The van der Waals surface area contributed by atoms with Gasteiger partial charge < -0.3 is 35.9 Å². The number of amides is 4. The molecular weight excluding hydrogens is 813 g/mol. The number of carbonyl (C=O) groups excluding carboxylic acids is 5. The van der Waals surface area contributed by atoms with Crippen LogP contribution in [0, 0.1) is 16.7 Å². The zero-order chi connectivity index (χ0) is 43.2. The van der Waals surface area contributed by atoms with Crippen LogP contribution in [0.3, 0.4) is 0 Å². The zero-order valence-electron chi connectivity index (χ0n) is 36.1. The summed E-state index contributed by atoms with van der Waals surface area (Å²) < 4.78 is 15.9. The van der Waals surface area contributed by atoms with Crippen LogP contribution in [0.5, 0.6) is 0 Å². The van der Waals surface area contributed by atoms with Crippen LogP contribution < -0.4 is 27.1 Å². The third-order valence-electron chi connectivity index (χ3n) is 9.44. The van der Waals surface area contributed by atoms with Gasteiger partial charge in [-0.1, -0.05) is 116 Å². The maximum Gasteiger partial charge on any atom is 0.407 e. The van der Waals surface area contributed by atoms with Crippen LogP contribution in [0.1, 0.15) is 66.5 Å². The van der Waals surface area contributed by atoms with Crippen molar-refractivity contribution in [2.45, 2.75) is 98.6 Å².